The van der Waals surface area contributed by atoms with Crippen LogP contribution in [0.2, 0.25) is 0 Å². The third-order valence-electron chi connectivity index (χ3n) is 2.47. The van der Waals surface area contributed by atoms with E-state index in [0.717, 1.165) is 6.42 Å². The predicted molar refractivity (Wildman–Crippen MR) is 48.4 cm³/mol. The molecule has 0 aromatic carbocycles. The highest BCUT2D eigenvalue weighted by atomic mass is 16.5. The van der Waals surface area contributed by atoms with Crippen LogP contribution in [0.15, 0.2) is 0 Å². The van der Waals surface area contributed by atoms with E-state index in [0.29, 0.717) is 25.4 Å². The SMILES string of the molecule is COC(=O)C(=O)N1CCC(CCO)C1. The van der Waals surface area contributed by atoms with Crippen LogP contribution < -0.4 is 0 Å². The van der Waals surface area contributed by atoms with Crippen molar-refractivity contribution in [1.82, 2.24) is 4.90 Å². The van der Waals surface area contributed by atoms with Gasteiger partial charge in [0.15, 0.2) is 0 Å². The smallest absolute Gasteiger partial charge is 0.396 e. The standard InChI is InChI=1S/C9H15NO4/c1-14-9(13)8(12)10-4-2-7(6-10)3-5-11/h7,11H,2-6H2,1H3. The molecule has 80 valence electrons. The van der Waals surface area contributed by atoms with Crippen LogP contribution in [0.1, 0.15) is 12.8 Å². The molecule has 0 bridgehead atoms. The summed E-state index contributed by atoms with van der Waals surface area (Å²) in [5, 5.41) is 8.71. The second kappa shape index (κ2) is 4.95. The highest BCUT2D eigenvalue weighted by Crippen LogP contribution is 2.19. The number of aliphatic hydroxyl groups excluding tert-OH is 1. The molecule has 5 nitrogen and oxygen atoms in total. The molecular weight excluding hydrogens is 186 g/mol. The Bertz CT molecular complexity index is 229. The number of rotatable bonds is 2. The molecule has 1 amide bonds. The lowest BCUT2D eigenvalue weighted by molar-refractivity contribution is -0.157. The molecule has 1 saturated heterocycles. The van der Waals surface area contributed by atoms with E-state index in [2.05, 4.69) is 4.74 Å². The van der Waals surface area contributed by atoms with Crippen molar-refractivity contribution in [2.75, 3.05) is 26.8 Å². The number of hydrogen-bond donors (Lipinski definition) is 1. The zero-order valence-electron chi connectivity index (χ0n) is 8.23. The number of nitrogens with zero attached hydrogens (tertiary/aromatic N) is 1. The minimum absolute atomic E-state index is 0.130. The van der Waals surface area contributed by atoms with Crippen LogP contribution in [0.5, 0.6) is 0 Å². The lowest BCUT2D eigenvalue weighted by Crippen LogP contribution is -2.35. The second-order valence-electron chi connectivity index (χ2n) is 3.41. The Balaban J connectivity index is 2.41. The molecule has 1 heterocycles. The molecule has 0 spiro atoms. The quantitative estimate of drug-likeness (QED) is 0.478. The van der Waals surface area contributed by atoms with E-state index >= 15 is 0 Å². The van der Waals surface area contributed by atoms with E-state index in [9.17, 15) is 9.59 Å². The van der Waals surface area contributed by atoms with Crippen molar-refractivity contribution in [3.8, 4) is 0 Å². The molecule has 1 N–H and O–H groups in total. The molecule has 1 atom stereocenters. The molecule has 1 aliphatic heterocycles. The van der Waals surface area contributed by atoms with Gasteiger partial charge in [-0.15, -0.1) is 0 Å². The summed E-state index contributed by atoms with van der Waals surface area (Å²) in [5.41, 5.74) is 0. The Hall–Kier alpha value is -1.10. The van der Waals surface area contributed by atoms with E-state index < -0.39 is 11.9 Å². The van der Waals surface area contributed by atoms with Gasteiger partial charge in [-0.25, -0.2) is 4.79 Å². The highest BCUT2D eigenvalue weighted by molar-refractivity contribution is 6.32. The Labute approximate surface area is 82.6 Å². The predicted octanol–water partition coefficient (Wildman–Crippen LogP) is -0.610. The number of amides is 1. The number of ether oxygens (including phenoxy) is 1. The van der Waals surface area contributed by atoms with E-state index in [1.165, 1.54) is 12.0 Å². The molecule has 1 fully saturated rings. The molecule has 1 rings (SSSR count). The van der Waals surface area contributed by atoms with Gasteiger partial charge in [0.1, 0.15) is 0 Å². The Kier molecular flexibility index (Phi) is 3.88. The van der Waals surface area contributed by atoms with Crippen molar-refractivity contribution in [3.63, 3.8) is 0 Å². The Morgan fingerprint density at radius 1 is 1.57 bits per heavy atom. The van der Waals surface area contributed by atoms with Gasteiger partial charge >= 0.3 is 11.9 Å². The zero-order valence-corrected chi connectivity index (χ0v) is 8.23. The topological polar surface area (TPSA) is 66.8 Å². The van der Waals surface area contributed by atoms with Crippen molar-refractivity contribution in [3.05, 3.63) is 0 Å². The van der Waals surface area contributed by atoms with Crippen molar-refractivity contribution in [2.45, 2.75) is 12.8 Å². The first-order valence-electron chi connectivity index (χ1n) is 4.67. The molecule has 0 aliphatic carbocycles. The molecule has 0 aromatic heterocycles. The van der Waals surface area contributed by atoms with Crippen LogP contribution in [0, 0.1) is 5.92 Å². The molecule has 5 heteroatoms. The largest absolute Gasteiger partial charge is 0.462 e. The molecule has 0 radical (unpaired) electrons. The normalized spacial score (nSPS) is 21.0. The lowest BCUT2D eigenvalue weighted by Gasteiger charge is -2.14. The van der Waals surface area contributed by atoms with Gasteiger partial charge in [-0.2, -0.15) is 0 Å². The van der Waals surface area contributed by atoms with Crippen LogP contribution >= 0.6 is 0 Å². The van der Waals surface area contributed by atoms with Crippen LogP contribution in [0.3, 0.4) is 0 Å². The summed E-state index contributed by atoms with van der Waals surface area (Å²) in [6.45, 7) is 1.26. The van der Waals surface area contributed by atoms with Crippen LogP contribution in [0.25, 0.3) is 0 Å². The molecular formula is C9H15NO4. The summed E-state index contributed by atoms with van der Waals surface area (Å²) in [6.07, 6.45) is 1.54. The summed E-state index contributed by atoms with van der Waals surface area (Å²) in [7, 11) is 1.20. The minimum atomic E-state index is -0.811. The van der Waals surface area contributed by atoms with E-state index in [4.69, 9.17) is 5.11 Å². The molecule has 0 aromatic rings. The van der Waals surface area contributed by atoms with E-state index in [-0.39, 0.29) is 6.61 Å². The van der Waals surface area contributed by atoms with Crippen LogP contribution in [0.4, 0.5) is 0 Å². The number of carbonyl (C=O) groups is 2. The van der Waals surface area contributed by atoms with E-state index in [1.54, 1.807) is 0 Å². The Morgan fingerprint density at radius 3 is 2.86 bits per heavy atom. The average molecular weight is 201 g/mol. The number of aliphatic hydroxyl groups is 1. The van der Waals surface area contributed by atoms with Crippen molar-refractivity contribution in [1.29, 1.82) is 0 Å². The van der Waals surface area contributed by atoms with Crippen LogP contribution in [-0.4, -0.2) is 48.7 Å². The maximum absolute atomic E-state index is 11.3. The zero-order chi connectivity index (χ0) is 10.6. The number of likely N-dealkylation sites (tertiary alicyclic amines) is 1. The van der Waals surface area contributed by atoms with Gasteiger partial charge in [0.05, 0.1) is 7.11 Å². The molecule has 0 saturated carbocycles. The fraction of sp³-hybridized carbons (Fsp3) is 0.778. The number of esters is 1. The number of methoxy groups -OCH3 is 1. The Morgan fingerprint density at radius 2 is 2.29 bits per heavy atom. The average Bonchev–Trinajstić information content (AvgIpc) is 2.64. The first-order chi connectivity index (χ1) is 6.69. The van der Waals surface area contributed by atoms with Crippen LogP contribution in [-0.2, 0) is 14.3 Å². The first kappa shape index (κ1) is 11.0. The number of hydrogen-bond acceptors (Lipinski definition) is 4. The lowest BCUT2D eigenvalue weighted by atomic mass is 10.1. The van der Waals surface area contributed by atoms with Gasteiger partial charge in [0.2, 0.25) is 0 Å². The maximum atomic E-state index is 11.3. The first-order valence-corrected chi connectivity index (χ1v) is 4.67. The van der Waals surface area contributed by atoms with Gasteiger partial charge in [-0.3, -0.25) is 4.79 Å². The fourth-order valence-corrected chi connectivity index (χ4v) is 1.65. The van der Waals surface area contributed by atoms with Gasteiger partial charge in [0, 0.05) is 19.7 Å². The monoisotopic (exact) mass is 201 g/mol. The van der Waals surface area contributed by atoms with E-state index in [1.807, 2.05) is 0 Å². The highest BCUT2D eigenvalue weighted by Gasteiger charge is 2.29. The summed E-state index contributed by atoms with van der Waals surface area (Å²) in [4.78, 5) is 23.7. The van der Waals surface area contributed by atoms with Gasteiger partial charge in [-0.05, 0) is 18.8 Å². The van der Waals surface area contributed by atoms with Crippen molar-refractivity contribution < 1.29 is 19.4 Å². The summed E-state index contributed by atoms with van der Waals surface area (Å²) < 4.78 is 4.34. The molecule has 1 aliphatic rings. The van der Waals surface area contributed by atoms with Crippen molar-refractivity contribution in [2.24, 2.45) is 5.92 Å². The fourth-order valence-electron chi connectivity index (χ4n) is 1.65. The number of carbonyl (C=O) groups excluding carboxylic acids is 2. The molecule has 1 unspecified atom stereocenters. The van der Waals surface area contributed by atoms with Gasteiger partial charge in [0.25, 0.3) is 0 Å². The second-order valence-corrected chi connectivity index (χ2v) is 3.41. The summed E-state index contributed by atoms with van der Waals surface area (Å²) in [6, 6.07) is 0. The summed E-state index contributed by atoms with van der Waals surface area (Å²) >= 11 is 0. The van der Waals surface area contributed by atoms with Gasteiger partial charge < -0.3 is 14.7 Å². The minimum Gasteiger partial charge on any atom is -0.462 e. The summed E-state index contributed by atoms with van der Waals surface area (Å²) in [5.74, 6) is -1.07. The third-order valence-corrected chi connectivity index (χ3v) is 2.47. The van der Waals surface area contributed by atoms with Crippen molar-refractivity contribution >= 4 is 11.9 Å². The third kappa shape index (κ3) is 2.45. The van der Waals surface area contributed by atoms with Gasteiger partial charge in [-0.1, -0.05) is 0 Å². The maximum Gasteiger partial charge on any atom is 0.396 e. The molecule has 14 heavy (non-hydrogen) atoms.